The molecular formula is C30H22ClN5O2S. The first-order chi connectivity index (χ1) is 18.9. The van der Waals surface area contributed by atoms with Crippen molar-refractivity contribution < 1.29 is 9.21 Å². The number of furan rings is 1. The summed E-state index contributed by atoms with van der Waals surface area (Å²) in [5.74, 6) is 0.213. The van der Waals surface area contributed by atoms with Crippen LogP contribution >= 0.6 is 23.8 Å². The highest BCUT2D eigenvalue weighted by atomic mass is 35.5. The Morgan fingerprint density at radius 2 is 1.67 bits per heavy atom. The van der Waals surface area contributed by atoms with Gasteiger partial charge in [0.05, 0.1) is 5.69 Å². The van der Waals surface area contributed by atoms with Gasteiger partial charge in [0.25, 0.3) is 5.91 Å². The second-order valence-corrected chi connectivity index (χ2v) is 10.00. The minimum absolute atomic E-state index is 0.135. The van der Waals surface area contributed by atoms with Gasteiger partial charge in [0.2, 0.25) is 0 Å². The molecule has 0 aliphatic rings. The molecule has 39 heavy (non-hydrogen) atoms. The first-order valence-electron chi connectivity index (χ1n) is 12.2. The molecule has 0 spiro atoms. The van der Waals surface area contributed by atoms with Crippen LogP contribution in [0.4, 0.5) is 5.69 Å². The Morgan fingerprint density at radius 1 is 0.897 bits per heavy atom. The van der Waals surface area contributed by atoms with E-state index in [1.54, 1.807) is 23.0 Å². The van der Waals surface area contributed by atoms with Gasteiger partial charge in [0, 0.05) is 21.7 Å². The fourth-order valence-electron chi connectivity index (χ4n) is 4.37. The number of hydrogen-bond acceptors (Lipinski definition) is 5. The lowest BCUT2D eigenvalue weighted by atomic mass is 10.1. The minimum atomic E-state index is -0.461. The molecule has 0 aliphatic heterocycles. The van der Waals surface area contributed by atoms with Crippen LogP contribution < -0.4 is 10.6 Å². The van der Waals surface area contributed by atoms with E-state index in [0.717, 1.165) is 38.7 Å². The zero-order chi connectivity index (χ0) is 27.1. The molecule has 9 heteroatoms. The number of nitrogens with zero attached hydrogens (tertiary/aromatic N) is 3. The van der Waals surface area contributed by atoms with Crippen molar-refractivity contribution in [3.63, 3.8) is 0 Å². The smallest absolute Gasteiger partial charge is 0.293 e. The van der Waals surface area contributed by atoms with E-state index in [4.69, 9.17) is 38.4 Å². The summed E-state index contributed by atoms with van der Waals surface area (Å²) in [5.41, 5.74) is 5.70. The third-order valence-electron chi connectivity index (χ3n) is 6.47. The summed E-state index contributed by atoms with van der Waals surface area (Å²) in [5, 5.41) is 18.1. The van der Waals surface area contributed by atoms with Gasteiger partial charge in [-0.15, -0.1) is 15.0 Å². The predicted octanol–water partition coefficient (Wildman–Crippen LogP) is 7.23. The monoisotopic (exact) mass is 551 g/mol. The van der Waals surface area contributed by atoms with Crippen LogP contribution in [-0.2, 0) is 0 Å². The molecule has 7 nitrogen and oxygen atoms in total. The number of rotatable bonds is 4. The second-order valence-electron chi connectivity index (χ2n) is 9.18. The molecule has 0 saturated heterocycles. The summed E-state index contributed by atoms with van der Waals surface area (Å²) in [6.07, 6.45) is 0. The molecule has 0 unspecified atom stereocenters. The van der Waals surface area contributed by atoms with Gasteiger partial charge in [0.1, 0.15) is 16.8 Å². The van der Waals surface area contributed by atoms with Crippen molar-refractivity contribution in [2.24, 2.45) is 0 Å². The highest BCUT2D eigenvalue weighted by molar-refractivity contribution is 7.80. The molecule has 192 valence electrons. The largest absolute Gasteiger partial charge is 0.451 e. The molecule has 6 aromatic rings. The van der Waals surface area contributed by atoms with E-state index >= 15 is 0 Å². The third kappa shape index (κ3) is 4.87. The van der Waals surface area contributed by atoms with Crippen molar-refractivity contribution in [2.45, 2.75) is 13.8 Å². The summed E-state index contributed by atoms with van der Waals surface area (Å²) < 4.78 is 5.76. The SMILES string of the molecule is Cc1ccc(-c2ccc(C(=O)NC(=S)Nc3cc4nn(-c5cccc6ccccc56)nc4cc3C)o2)cc1Cl. The maximum absolute atomic E-state index is 12.8. The van der Waals surface area contributed by atoms with Crippen molar-refractivity contribution in [2.75, 3.05) is 5.32 Å². The number of hydrogen-bond donors (Lipinski definition) is 2. The highest BCUT2D eigenvalue weighted by Crippen LogP contribution is 2.28. The van der Waals surface area contributed by atoms with Crippen LogP contribution in [0.25, 0.3) is 38.8 Å². The molecule has 4 aromatic carbocycles. The minimum Gasteiger partial charge on any atom is -0.451 e. The summed E-state index contributed by atoms with van der Waals surface area (Å²) in [6.45, 7) is 3.86. The molecule has 0 fully saturated rings. The second kappa shape index (κ2) is 9.98. The number of aromatic nitrogens is 3. The zero-order valence-electron chi connectivity index (χ0n) is 21.0. The van der Waals surface area contributed by atoms with Crippen molar-refractivity contribution in [3.05, 3.63) is 107 Å². The van der Waals surface area contributed by atoms with Gasteiger partial charge in [-0.2, -0.15) is 0 Å². The maximum atomic E-state index is 12.8. The summed E-state index contributed by atoms with van der Waals surface area (Å²) in [4.78, 5) is 14.4. The van der Waals surface area contributed by atoms with Gasteiger partial charge >= 0.3 is 0 Å². The number of aryl methyl sites for hydroxylation is 2. The molecule has 1 amide bonds. The Morgan fingerprint density at radius 3 is 2.49 bits per heavy atom. The molecule has 0 atom stereocenters. The van der Waals surface area contributed by atoms with E-state index < -0.39 is 5.91 Å². The number of carbonyl (C=O) groups excluding carboxylic acids is 1. The average Bonchev–Trinajstić information content (AvgIpc) is 3.58. The first kappa shape index (κ1) is 24.8. The molecule has 2 aromatic heterocycles. The summed E-state index contributed by atoms with van der Waals surface area (Å²) >= 11 is 11.6. The Balaban J connectivity index is 1.19. The van der Waals surface area contributed by atoms with Gasteiger partial charge in [-0.3, -0.25) is 10.1 Å². The standard InChI is InChI=1S/C30H22ClN5O2S/c1-17-10-11-20(15-22(17)31)27-12-13-28(38-27)29(37)33-30(39)32-23-16-25-24(14-18(23)2)34-36(35-25)26-9-5-7-19-6-3-4-8-21(19)26/h3-16H,1-2H3,(H2,32,33,37,39). The topological polar surface area (TPSA) is 85.0 Å². The Labute approximate surface area is 234 Å². The number of anilines is 1. The summed E-state index contributed by atoms with van der Waals surface area (Å²) in [6, 6.07) is 26.9. The van der Waals surface area contributed by atoms with E-state index in [2.05, 4.69) is 28.8 Å². The number of thiocarbonyl (C=S) groups is 1. The highest BCUT2D eigenvalue weighted by Gasteiger charge is 2.16. The zero-order valence-corrected chi connectivity index (χ0v) is 22.6. The molecule has 0 radical (unpaired) electrons. The van der Waals surface area contributed by atoms with Crippen LogP contribution in [0.1, 0.15) is 21.7 Å². The van der Waals surface area contributed by atoms with E-state index in [9.17, 15) is 4.79 Å². The molecular weight excluding hydrogens is 530 g/mol. The van der Waals surface area contributed by atoms with Crippen LogP contribution in [0, 0.1) is 13.8 Å². The van der Waals surface area contributed by atoms with E-state index in [-0.39, 0.29) is 10.9 Å². The van der Waals surface area contributed by atoms with Gasteiger partial charge in [-0.25, -0.2) is 0 Å². The van der Waals surface area contributed by atoms with Crippen molar-refractivity contribution in [1.29, 1.82) is 0 Å². The quantitative estimate of drug-likeness (QED) is 0.225. The average molecular weight is 552 g/mol. The number of halogens is 1. The summed E-state index contributed by atoms with van der Waals surface area (Å²) in [7, 11) is 0. The lowest BCUT2D eigenvalue weighted by Crippen LogP contribution is -2.34. The van der Waals surface area contributed by atoms with E-state index in [1.165, 1.54) is 0 Å². The Hall–Kier alpha value is -4.53. The molecule has 0 bridgehead atoms. The van der Waals surface area contributed by atoms with Crippen molar-refractivity contribution >= 4 is 62.3 Å². The molecule has 2 N–H and O–H groups in total. The van der Waals surface area contributed by atoms with Gasteiger partial charge in [-0.1, -0.05) is 60.1 Å². The molecule has 0 saturated carbocycles. The third-order valence-corrected chi connectivity index (χ3v) is 7.08. The van der Waals surface area contributed by atoms with E-state index in [1.807, 2.05) is 62.4 Å². The van der Waals surface area contributed by atoms with Gasteiger partial charge in [0.15, 0.2) is 10.9 Å². The van der Waals surface area contributed by atoms with Crippen molar-refractivity contribution in [3.8, 4) is 17.0 Å². The van der Waals surface area contributed by atoms with Crippen LogP contribution in [0.3, 0.4) is 0 Å². The molecule has 2 heterocycles. The number of amides is 1. The van der Waals surface area contributed by atoms with Crippen LogP contribution in [0.2, 0.25) is 5.02 Å². The van der Waals surface area contributed by atoms with Gasteiger partial charge < -0.3 is 9.73 Å². The Bertz CT molecular complexity index is 1900. The maximum Gasteiger partial charge on any atom is 0.293 e. The number of carbonyl (C=O) groups is 1. The normalized spacial score (nSPS) is 11.2. The van der Waals surface area contributed by atoms with Crippen LogP contribution in [0.5, 0.6) is 0 Å². The number of benzene rings is 4. The number of fused-ring (bicyclic) bond motifs is 2. The van der Waals surface area contributed by atoms with E-state index in [0.29, 0.717) is 22.0 Å². The predicted molar refractivity (Wildman–Crippen MR) is 159 cm³/mol. The fraction of sp³-hybridized carbons (Fsp3) is 0.0667. The fourth-order valence-corrected chi connectivity index (χ4v) is 4.76. The molecule has 6 rings (SSSR count). The van der Waals surface area contributed by atoms with Crippen LogP contribution in [0.15, 0.2) is 89.3 Å². The lowest BCUT2D eigenvalue weighted by Gasteiger charge is -2.11. The number of nitrogens with one attached hydrogen (secondary N) is 2. The first-order valence-corrected chi connectivity index (χ1v) is 13.0. The van der Waals surface area contributed by atoms with Crippen LogP contribution in [-0.4, -0.2) is 26.0 Å². The lowest BCUT2D eigenvalue weighted by molar-refractivity contribution is 0.0951. The molecule has 0 aliphatic carbocycles. The van der Waals surface area contributed by atoms with Crippen molar-refractivity contribution in [1.82, 2.24) is 20.3 Å². The van der Waals surface area contributed by atoms with Gasteiger partial charge in [-0.05, 0) is 79.0 Å². The Kier molecular flexibility index (Phi) is 6.34.